The Hall–Kier alpha value is -0.270. The second kappa shape index (κ2) is 4.68. The van der Waals surface area contributed by atoms with E-state index in [4.69, 9.17) is 0 Å². The van der Waals surface area contributed by atoms with Crippen molar-refractivity contribution in [2.24, 2.45) is 4.99 Å². The predicted octanol–water partition coefficient (Wildman–Crippen LogP) is 2.39. The summed E-state index contributed by atoms with van der Waals surface area (Å²) in [5.41, 5.74) is 0. The Morgan fingerprint density at radius 1 is 1.42 bits per heavy atom. The zero-order valence-electron chi connectivity index (χ0n) is 7.51. The van der Waals surface area contributed by atoms with Gasteiger partial charge in [0.05, 0.1) is 6.54 Å². The van der Waals surface area contributed by atoms with E-state index in [2.05, 4.69) is 11.2 Å². The van der Waals surface area contributed by atoms with Gasteiger partial charge in [0.25, 0.3) is 0 Å². The van der Waals surface area contributed by atoms with Gasteiger partial charge in [-0.25, -0.2) is 9.79 Å². The second-order valence-corrected chi connectivity index (χ2v) is 4.63. The van der Waals surface area contributed by atoms with Crippen LogP contribution in [0.4, 0.5) is 0 Å². The average molecular weight is 185 g/mol. The van der Waals surface area contributed by atoms with E-state index >= 15 is 0 Å². The molecule has 0 heterocycles. The van der Waals surface area contributed by atoms with E-state index in [0.717, 1.165) is 0 Å². The van der Waals surface area contributed by atoms with Gasteiger partial charge in [0, 0.05) is 4.75 Å². The highest BCUT2D eigenvalue weighted by molar-refractivity contribution is 8.00. The third-order valence-corrected chi connectivity index (χ3v) is 4.03. The zero-order chi connectivity index (χ0) is 8.86. The standard InChI is InChI=1S/C9H15NOS/c1-12-9(7-10-8-11)5-3-2-4-6-9/h2-7H2,1H3. The number of carbonyl (C=O) groups excluding carboxylic acids is 1. The van der Waals surface area contributed by atoms with Crippen molar-refractivity contribution in [3.05, 3.63) is 0 Å². The van der Waals surface area contributed by atoms with E-state index in [1.165, 1.54) is 32.1 Å². The van der Waals surface area contributed by atoms with Crippen LogP contribution in [0.5, 0.6) is 0 Å². The summed E-state index contributed by atoms with van der Waals surface area (Å²) >= 11 is 1.86. The molecule has 1 rings (SSSR count). The molecule has 12 heavy (non-hydrogen) atoms. The van der Waals surface area contributed by atoms with Crippen LogP contribution in [0, 0.1) is 0 Å². The summed E-state index contributed by atoms with van der Waals surface area (Å²) in [5, 5.41) is 0. The lowest BCUT2D eigenvalue weighted by molar-refractivity contribution is 0.404. The molecule has 0 atom stereocenters. The van der Waals surface area contributed by atoms with Gasteiger partial charge in [-0.3, -0.25) is 0 Å². The Morgan fingerprint density at radius 3 is 2.58 bits per heavy atom. The van der Waals surface area contributed by atoms with Crippen molar-refractivity contribution in [2.45, 2.75) is 36.9 Å². The summed E-state index contributed by atoms with van der Waals surface area (Å²) in [7, 11) is 0. The highest BCUT2D eigenvalue weighted by Gasteiger charge is 2.30. The molecular weight excluding hydrogens is 170 g/mol. The number of nitrogens with zero attached hydrogens (tertiary/aromatic N) is 1. The fourth-order valence-electron chi connectivity index (χ4n) is 1.80. The molecule has 0 N–H and O–H groups in total. The molecule has 3 heteroatoms. The average Bonchev–Trinajstić information content (AvgIpc) is 2.16. The molecule has 1 saturated carbocycles. The number of hydrogen-bond donors (Lipinski definition) is 0. The summed E-state index contributed by atoms with van der Waals surface area (Å²) in [6, 6.07) is 0. The first-order valence-corrected chi connectivity index (χ1v) is 5.64. The van der Waals surface area contributed by atoms with E-state index in [-0.39, 0.29) is 4.75 Å². The first kappa shape index (κ1) is 9.82. The van der Waals surface area contributed by atoms with Crippen LogP contribution >= 0.6 is 11.8 Å². The first-order chi connectivity index (χ1) is 5.83. The van der Waals surface area contributed by atoms with Gasteiger partial charge in [0.2, 0.25) is 6.08 Å². The van der Waals surface area contributed by atoms with Gasteiger partial charge in [0.15, 0.2) is 0 Å². The lowest BCUT2D eigenvalue weighted by atomic mass is 9.88. The van der Waals surface area contributed by atoms with Crippen LogP contribution in [0.3, 0.4) is 0 Å². The minimum absolute atomic E-state index is 0.260. The van der Waals surface area contributed by atoms with Crippen molar-refractivity contribution in [2.75, 3.05) is 12.8 Å². The summed E-state index contributed by atoms with van der Waals surface area (Å²) < 4.78 is 0.260. The maximum atomic E-state index is 10.0. The quantitative estimate of drug-likeness (QED) is 0.499. The van der Waals surface area contributed by atoms with Crippen molar-refractivity contribution in [1.82, 2.24) is 0 Å². The molecule has 68 valence electrons. The molecule has 0 amide bonds. The fourth-order valence-corrected chi connectivity index (χ4v) is 2.69. The number of isocyanates is 1. The zero-order valence-corrected chi connectivity index (χ0v) is 8.32. The Balaban J connectivity index is 2.53. The summed E-state index contributed by atoms with van der Waals surface area (Å²) in [6.45, 7) is 0.664. The number of aliphatic imine (C=N–C) groups is 1. The maximum absolute atomic E-state index is 10.0. The molecular formula is C9H15NOS. The molecule has 1 fully saturated rings. The minimum Gasteiger partial charge on any atom is -0.211 e. The van der Waals surface area contributed by atoms with Gasteiger partial charge >= 0.3 is 0 Å². The molecule has 0 aromatic heterocycles. The van der Waals surface area contributed by atoms with Crippen LogP contribution < -0.4 is 0 Å². The monoisotopic (exact) mass is 185 g/mol. The van der Waals surface area contributed by atoms with E-state index in [1.54, 1.807) is 6.08 Å². The molecule has 2 nitrogen and oxygen atoms in total. The Morgan fingerprint density at radius 2 is 2.08 bits per heavy atom. The van der Waals surface area contributed by atoms with Crippen LogP contribution in [-0.4, -0.2) is 23.6 Å². The molecule has 0 aromatic carbocycles. The molecule has 1 aliphatic carbocycles. The van der Waals surface area contributed by atoms with Crippen LogP contribution in [-0.2, 0) is 4.79 Å². The topological polar surface area (TPSA) is 29.4 Å². The fraction of sp³-hybridized carbons (Fsp3) is 0.889. The summed E-state index contributed by atoms with van der Waals surface area (Å²) in [5.74, 6) is 0. The lowest BCUT2D eigenvalue weighted by Crippen LogP contribution is -2.30. The van der Waals surface area contributed by atoms with Crippen LogP contribution in [0.1, 0.15) is 32.1 Å². The highest BCUT2D eigenvalue weighted by atomic mass is 32.2. The van der Waals surface area contributed by atoms with Crippen LogP contribution in [0.2, 0.25) is 0 Å². The molecule has 0 unspecified atom stereocenters. The van der Waals surface area contributed by atoms with Gasteiger partial charge in [-0.2, -0.15) is 11.8 Å². The van der Waals surface area contributed by atoms with E-state index < -0.39 is 0 Å². The molecule has 0 aromatic rings. The van der Waals surface area contributed by atoms with Crippen molar-refractivity contribution in [3.63, 3.8) is 0 Å². The molecule has 0 saturated heterocycles. The Kier molecular flexibility index (Phi) is 3.83. The molecule has 1 aliphatic rings. The number of thioether (sulfide) groups is 1. The molecule has 0 aliphatic heterocycles. The van der Waals surface area contributed by atoms with Gasteiger partial charge in [-0.15, -0.1) is 0 Å². The molecule has 0 spiro atoms. The van der Waals surface area contributed by atoms with E-state index in [9.17, 15) is 4.79 Å². The molecule has 0 radical (unpaired) electrons. The van der Waals surface area contributed by atoms with Gasteiger partial charge < -0.3 is 0 Å². The Labute approximate surface area is 77.8 Å². The minimum atomic E-state index is 0.260. The van der Waals surface area contributed by atoms with Crippen molar-refractivity contribution >= 4 is 17.8 Å². The third kappa shape index (κ3) is 2.36. The second-order valence-electron chi connectivity index (χ2n) is 3.36. The lowest BCUT2D eigenvalue weighted by Gasteiger charge is -2.33. The van der Waals surface area contributed by atoms with Crippen molar-refractivity contribution < 1.29 is 4.79 Å². The third-order valence-electron chi connectivity index (χ3n) is 2.63. The van der Waals surface area contributed by atoms with Crippen LogP contribution in [0.15, 0.2) is 4.99 Å². The van der Waals surface area contributed by atoms with Gasteiger partial charge in [-0.05, 0) is 19.1 Å². The smallest absolute Gasteiger partial charge is 0.211 e. The largest absolute Gasteiger partial charge is 0.234 e. The summed E-state index contributed by atoms with van der Waals surface area (Å²) in [4.78, 5) is 13.7. The number of hydrogen-bond acceptors (Lipinski definition) is 3. The SMILES string of the molecule is CSC1(CN=C=O)CCCCC1. The Bertz CT molecular complexity index is 181. The summed E-state index contributed by atoms with van der Waals surface area (Å²) in [6.07, 6.45) is 10.1. The van der Waals surface area contributed by atoms with Crippen LogP contribution in [0.25, 0.3) is 0 Å². The van der Waals surface area contributed by atoms with Crippen molar-refractivity contribution in [3.8, 4) is 0 Å². The predicted molar refractivity (Wildman–Crippen MR) is 52.3 cm³/mol. The first-order valence-electron chi connectivity index (χ1n) is 4.42. The van der Waals surface area contributed by atoms with Gasteiger partial charge in [0.1, 0.15) is 0 Å². The van der Waals surface area contributed by atoms with E-state index in [0.29, 0.717) is 6.54 Å². The highest BCUT2D eigenvalue weighted by Crippen LogP contribution is 2.38. The van der Waals surface area contributed by atoms with E-state index in [1.807, 2.05) is 11.8 Å². The number of rotatable bonds is 3. The van der Waals surface area contributed by atoms with Crippen molar-refractivity contribution in [1.29, 1.82) is 0 Å². The molecule has 0 bridgehead atoms. The van der Waals surface area contributed by atoms with Gasteiger partial charge in [-0.1, -0.05) is 19.3 Å². The maximum Gasteiger partial charge on any atom is 0.234 e. The normalized spacial score (nSPS) is 21.4.